The summed E-state index contributed by atoms with van der Waals surface area (Å²) in [6.45, 7) is 4.28. The minimum absolute atomic E-state index is 0.0634. The third kappa shape index (κ3) is 4.07. The van der Waals surface area contributed by atoms with Crippen LogP contribution in [0, 0.1) is 10.1 Å². The molecule has 4 nitrogen and oxygen atoms in total. The number of ether oxygens (including phenoxy) is 1. The van der Waals surface area contributed by atoms with Crippen molar-refractivity contribution in [2.24, 2.45) is 0 Å². The van der Waals surface area contributed by atoms with Gasteiger partial charge in [-0.3, -0.25) is 10.1 Å². The highest BCUT2D eigenvalue weighted by Crippen LogP contribution is 2.19. The van der Waals surface area contributed by atoms with Crippen LogP contribution in [0.3, 0.4) is 0 Å². The topological polar surface area (TPSA) is 52.4 Å². The van der Waals surface area contributed by atoms with E-state index in [0.29, 0.717) is 10.9 Å². The summed E-state index contributed by atoms with van der Waals surface area (Å²) in [6, 6.07) is 26.9. The average Bonchev–Trinajstić information content (AvgIpc) is 2.68. The molecule has 0 bridgehead atoms. The molecule has 3 aromatic rings. The summed E-state index contributed by atoms with van der Waals surface area (Å²) in [4.78, 5) is 10.8. The van der Waals surface area contributed by atoms with Crippen molar-refractivity contribution in [3.05, 3.63) is 113 Å². The lowest BCUT2D eigenvalue weighted by molar-refractivity contribution is -0.385. The maximum absolute atomic E-state index is 11.2. The fourth-order valence-corrected chi connectivity index (χ4v) is 4.99. The first-order valence-corrected chi connectivity index (χ1v) is 9.69. The number of benzene rings is 3. The second kappa shape index (κ2) is 8.27. The van der Waals surface area contributed by atoms with E-state index in [2.05, 4.69) is 30.8 Å². The Balaban J connectivity index is 1.84. The fourth-order valence-electron chi connectivity index (χ4n) is 2.75. The van der Waals surface area contributed by atoms with Gasteiger partial charge in [0.05, 0.1) is 15.9 Å². The van der Waals surface area contributed by atoms with Crippen LogP contribution in [0.25, 0.3) is 0 Å². The van der Waals surface area contributed by atoms with Gasteiger partial charge in [0.2, 0.25) is 8.80 Å². The smallest absolute Gasteiger partial charge is 0.276 e. The highest BCUT2D eigenvalue weighted by Gasteiger charge is 2.23. The molecule has 0 spiro atoms. The first-order valence-electron chi connectivity index (χ1n) is 8.19. The Morgan fingerprint density at radius 1 is 0.885 bits per heavy atom. The average molecular weight is 360 g/mol. The van der Waals surface area contributed by atoms with Gasteiger partial charge in [0, 0.05) is 6.07 Å². The van der Waals surface area contributed by atoms with Crippen molar-refractivity contribution < 1.29 is 9.66 Å². The number of para-hydroxylation sites is 1. The predicted octanol–water partition coefficient (Wildman–Crippen LogP) is 3.47. The van der Waals surface area contributed by atoms with E-state index in [1.165, 1.54) is 6.07 Å². The summed E-state index contributed by atoms with van der Waals surface area (Å²) in [6.07, 6.45) is 0. The molecular formula is C21H18NO3Si. The van der Waals surface area contributed by atoms with Crippen molar-refractivity contribution in [3.63, 3.8) is 0 Å². The van der Waals surface area contributed by atoms with Crippen molar-refractivity contribution in [3.8, 4) is 0 Å². The molecule has 0 atom stereocenters. The third-order valence-corrected chi connectivity index (χ3v) is 6.52. The highest BCUT2D eigenvalue weighted by molar-refractivity contribution is 6.90. The van der Waals surface area contributed by atoms with Crippen LogP contribution >= 0.6 is 0 Å². The minimum Gasteiger partial charge on any atom is -0.498 e. The van der Waals surface area contributed by atoms with E-state index in [4.69, 9.17) is 4.74 Å². The maximum Gasteiger partial charge on any atom is 0.276 e. The summed E-state index contributed by atoms with van der Waals surface area (Å²) in [5.74, 6) is 0. The summed E-state index contributed by atoms with van der Waals surface area (Å²) in [5, 5.41) is 14.2. The number of hydrogen-bond donors (Lipinski definition) is 0. The van der Waals surface area contributed by atoms with Crippen molar-refractivity contribution in [2.45, 2.75) is 6.61 Å². The Kier molecular flexibility index (Phi) is 5.61. The van der Waals surface area contributed by atoms with Crippen LogP contribution in [0.2, 0.25) is 0 Å². The number of rotatable bonds is 7. The van der Waals surface area contributed by atoms with Gasteiger partial charge in [-0.25, -0.2) is 0 Å². The van der Waals surface area contributed by atoms with E-state index in [0.717, 1.165) is 10.4 Å². The molecule has 0 unspecified atom stereocenters. The van der Waals surface area contributed by atoms with Crippen LogP contribution in [0.15, 0.2) is 96.9 Å². The lowest BCUT2D eigenvalue weighted by Gasteiger charge is -2.19. The van der Waals surface area contributed by atoms with Crippen LogP contribution in [-0.4, -0.2) is 13.7 Å². The monoisotopic (exact) mass is 360 g/mol. The number of hydrogen-bond acceptors (Lipinski definition) is 3. The van der Waals surface area contributed by atoms with Gasteiger partial charge in [0.1, 0.15) is 6.61 Å². The lowest BCUT2D eigenvalue weighted by Crippen LogP contribution is -2.44. The first kappa shape index (κ1) is 17.6. The van der Waals surface area contributed by atoms with Crippen molar-refractivity contribution >= 4 is 24.9 Å². The normalized spacial score (nSPS) is 10.5. The van der Waals surface area contributed by atoms with Crippen LogP contribution in [0.1, 0.15) is 5.56 Å². The second-order valence-corrected chi connectivity index (χ2v) is 8.17. The van der Waals surface area contributed by atoms with E-state index < -0.39 is 8.80 Å². The fraction of sp³-hybridized carbons (Fsp3) is 0.0476. The van der Waals surface area contributed by atoms with Crippen molar-refractivity contribution in [2.75, 3.05) is 0 Å². The highest BCUT2D eigenvalue weighted by atomic mass is 28.3. The Morgan fingerprint density at radius 2 is 1.38 bits per heavy atom. The molecule has 0 aliphatic rings. The summed E-state index contributed by atoms with van der Waals surface area (Å²) >= 11 is 0. The van der Waals surface area contributed by atoms with Crippen molar-refractivity contribution in [1.82, 2.24) is 0 Å². The van der Waals surface area contributed by atoms with Gasteiger partial charge in [-0.2, -0.15) is 0 Å². The number of nitrogens with zero attached hydrogens (tertiary/aromatic N) is 1. The van der Waals surface area contributed by atoms with E-state index in [-0.39, 0.29) is 17.2 Å². The molecule has 0 heterocycles. The summed E-state index contributed by atoms with van der Waals surface area (Å²) in [5.41, 5.74) is 0.606. The quantitative estimate of drug-likeness (QED) is 0.281. The van der Waals surface area contributed by atoms with Gasteiger partial charge < -0.3 is 4.74 Å². The third-order valence-electron chi connectivity index (χ3n) is 3.99. The van der Waals surface area contributed by atoms with Crippen LogP contribution < -0.4 is 10.4 Å². The Bertz CT molecular complexity index is 858. The molecule has 26 heavy (non-hydrogen) atoms. The Labute approximate surface area is 154 Å². The molecule has 0 aliphatic carbocycles. The van der Waals surface area contributed by atoms with E-state index in [9.17, 15) is 10.1 Å². The van der Waals surface area contributed by atoms with Crippen LogP contribution in [-0.2, 0) is 11.3 Å². The molecule has 129 valence electrons. The summed E-state index contributed by atoms with van der Waals surface area (Å²) in [7, 11) is -1.37. The molecule has 0 amide bonds. The lowest BCUT2D eigenvalue weighted by atomic mass is 10.2. The molecule has 0 fully saturated rings. The zero-order valence-corrected chi connectivity index (χ0v) is 15.2. The number of nitro groups is 1. The first-order chi connectivity index (χ1) is 12.7. The molecule has 1 radical (unpaired) electrons. The Hall–Kier alpha value is -3.18. The molecule has 0 aromatic heterocycles. The molecule has 3 aromatic carbocycles. The van der Waals surface area contributed by atoms with E-state index in [1.54, 1.807) is 18.2 Å². The summed E-state index contributed by atoms with van der Waals surface area (Å²) < 4.78 is 5.94. The molecule has 0 saturated heterocycles. The molecule has 5 heteroatoms. The zero-order valence-electron chi connectivity index (χ0n) is 14.2. The van der Waals surface area contributed by atoms with Gasteiger partial charge >= 0.3 is 0 Å². The molecular weight excluding hydrogens is 342 g/mol. The van der Waals surface area contributed by atoms with Crippen LogP contribution in [0.4, 0.5) is 5.69 Å². The van der Waals surface area contributed by atoms with Gasteiger partial charge in [-0.15, -0.1) is 0 Å². The predicted molar refractivity (Wildman–Crippen MR) is 105 cm³/mol. The zero-order chi connectivity index (χ0) is 18.4. The SMILES string of the molecule is C=C(OCc1ccccc1[N+](=O)[O-])[Si](c1ccccc1)c1ccccc1. The molecule has 0 saturated carbocycles. The van der Waals surface area contributed by atoms with Crippen molar-refractivity contribution in [1.29, 1.82) is 0 Å². The standard InChI is InChI=1S/C21H18NO3Si/c1-17(25-16-18-10-8-9-15-21(18)22(23)24)26(19-11-4-2-5-12-19)20-13-6-3-7-14-20/h2-15H,1,16H2. The Morgan fingerprint density at radius 3 is 1.92 bits per heavy atom. The van der Waals surface area contributed by atoms with Gasteiger partial charge in [-0.05, 0) is 16.4 Å². The largest absolute Gasteiger partial charge is 0.498 e. The van der Waals surface area contributed by atoms with Crippen LogP contribution in [0.5, 0.6) is 0 Å². The van der Waals surface area contributed by atoms with Gasteiger partial charge in [-0.1, -0.05) is 79.4 Å². The van der Waals surface area contributed by atoms with Gasteiger partial charge in [0.25, 0.3) is 5.69 Å². The second-order valence-electron chi connectivity index (χ2n) is 5.70. The molecule has 3 rings (SSSR count). The minimum atomic E-state index is -1.37. The molecule has 0 N–H and O–H groups in total. The molecule has 0 aliphatic heterocycles. The number of nitro benzene ring substituents is 1. The maximum atomic E-state index is 11.2. The van der Waals surface area contributed by atoms with E-state index in [1.807, 2.05) is 36.4 Å². The van der Waals surface area contributed by atoms with Gasteiger partial charge in [0.15, 0.2) is 0 Å². The van der Waals surface area contributed by atoms with E-state index >= 15 is 0 Å².